The summed E-state index contributed by atoms with van der Waals surface area (Å²) in [5, 5.41) is 11.8. The van der Waals surface area contributed by atoms with Crippen LogP contribution < -0.4 is 10.0 Å². The number of amides is 1. The molecule has 0 fully saturated rings. The second kappa shape index (κ2) is 8.33. The number of aromatic nitrogens is 1. The molecular formula is C20H16N4O3S. The number of para-hydroxylation sites is 1. The second-order valence-electron chi connectivity index (χ2n) is 5.83. The third kappa shape index (κ3) is 4.52. The predicted octanol–water partition coefficient (Wildman–Crippen LogP) is 2.68. The van der Waals surface area contributed by atoms with E-state index in [0.717, 1.165) is 5.56 Å². The lowest BCUT2D eigenvalue weighted by Gasteiger charge is -2.11. The molecule has 0 unspecified atom stereocenters. The van der Waals surface area contributed by atoms with Gasteiger partial charge < -0.3 is 5.32 Å². The van der Waals surface area contributed by atoms with E-state index in [0.29, 0.717) is 0 Å². The molecule has 1 amide bonds. The highest BCUT2D eigenvalue weighted by molar-refractivity contribution is 7.92. The lowest BCUT2D eigenvalue weighted by molar-refractivity contribution is 0.0950. The molecule has 1 aromatic heterocycles. The monoisotopic (exact) mass is 392 g/mol. The Morgan fingerprint density at radius 1 is 1.07 bits per heavy atom. The fourth-order valence-electron chi connectivity index (χ4n) is 2.46. The van der Waals surface area contributed by atoms with Crippen molar-refractivity contribution in [2.75, 3.05) is 4.72 Å². The molecule has 0 aliphatic carbocycles. The summed E-state index contributed by atoms with van der Waals surface area (Å²) >= 11 is 0. The number of benzene rings is 2. The summed E-state index contributed by atoms with van der Waals surface area (Å²) in [5.41, 5.74) is 1.42. The molecular weight excluding hydrogens is 376 g/mol. The smallest absolute Gasteiger partial charge is 0.261 e. The topological polar surface area (TPSA) is 112 Å². The van der Waals surface area contributed by atoms with Crippen LogP contribution in [0.25, 0.3) is 0 Å². The molecule has 0 saturated heterocycles. The van der Waals surface area contributed by atoms with Crippen molar-refractivity contribution in [1.82, 2.24) is 10.3 Å². The van der Waals surface area contributed by atoms with Gasteiger partial charge in [0.25, 0.3) is 15.9 Å². The first-order valence-corrected chi connectivity index (χ1v) is 9.77. The van der Waals surface area contributed by atoms with Crippen molar-refractivity contribution in [2.45, 2.75) is 11.4 Å². The van der Waals surface area contributed by atoms with Crippen LogP contribution in [-0.2, 0) is 16.6 Å². The van der Waals surface area contributed by atoms with Crippen LogP contribution in [0.2, 0.25) is 0 Å². The van der Waals surface area contributed by atoms with Crippen LogP contribution in [0.5, 0.6) is 0 Å². The summed E-state index contributed by atoms with van der Waals surface area (Å²) in [4.78, 5) is 16.3. The summed E-state index contributed by atoms with van der Waals surface area (Å²) in [6, 6.07) is 17.5. The maximum atomic E-state index is 12.7. The quantitative estimate of drug-likeness (QED) is 0.670. The summed E-state index contributed by atoms with van der Waals surface area (Å²) in [6.07, 6.45) is 3.27. The Balaban J connectivity index is 1.78. The minimum atomic E-state index is -3.96. The van der Waals surface area contributed by atoms with E-state index in [1.165, 1.54) is 36.4 Å². The maximum Gasteiger partial charge on any atom is 0.261 e. The molecule has 1 heterocycles. The lowest BCUT2D eigenvalue weighted by Crippen LogP contribution is -2.23. The van der Waals surface area contributed by atoms with Gasteiger partial charge in [-0.05, 0) is 42.0 Å². The summed E-state index contributed by atoms with van der Waals surface area (Å²) in [6.45, 7) is 0.275. The van der Waals surface area contributed by atoms with Gasteiger partial charge in [-0.2, -0.15) is 5.26 Å². The molecule has 140 valence electrons. The van der Waals surface area contributed by atoms with E-state index in [4.69, 9.17) is 5.26 Å². The molecule has 0 aliphatic heterocycles. The highest BCUT2D eigenvalue weighted by Crippen LogP contribution is 2.20. The van der Waals surface area contributed by atoms with Gasteiger partial charge in [-0.3, -0.25) is 14.5 Å². The van der Waals surface area contributed by atoms with E-state index < -0.39 is 15.9 Å². The molecule has 7 nitrogen and oxygen atoms in total. The van der Waals surface area contributed by atoms with Gasteiger partial charge in [0.2, 0.25) is 0 Å². The summed E-state index contributed by atoms with van der Waals surface area (Å²) in [5.74, 6) is -0.404. The largest absolute Gasteiger partial charge is 0.348 e. The van der Waals surface area contributed by atoms with Crippen molar-refractivity contribution in [3.8, 4) is 6.07 Å². The number of carbonyl (C=O) groups excluding carboxylic acids is 1. The third-order valence-corrected chi connectivity index (χ3v) is 5.24. The molecule has 8 heteroatoms. The van der Waals surface area contributed by atoms with Crippen LogP contribution in [0.3, 0.4) is 0 Å². The molecule has 3 rings (SSSR count). The molecule has 0 saturated carbocycles. The van der Waals surface area contributed by atoms with Crippen LogP contribution in [0.4, 0.5) is 5.69 Å². The normalized spacial score (nSPS) is 10.7. The Kier molecular flexibility index (Phi) is 5.67. The number of rotatable bonds is 6. The minimum Gasteiger partial charge on any atom is -0.348 e. The van der Waals surface area contributed by atoms with Crippen LogP contribution in [0.15, 0.2) is 78.0 Å². The number of nitrogens with zero attached hydrogens (tertiary/aromatic N) is 2. The molecule has 28 heavy (non-hydrogen) atoms. The first-order valence-electron chi connectivity index (χ1n) is 8.29. The van der Waals surface area contributed by atoms with E-state index in [1.54, 1.807) is 30.6 Å². The van der Waals surface area contributed by atoms with Gasteiger partial charge in [-0.15, -0.1) is 0 Å². The number of hydrogen-bond acceptors (Lipinski definition) is 5. The van der Waals surface area contributed by atoms with Crippen molar-refractivity contribution >= 4 is 21.6 Å². The zero-order valence-corrected chi connectivity index (χ0v) is 15.5. The van der Waals surface area contributed by atoms with E-state index in [-0.39, 0.29) is 28.3 Å². The highest BCUT2D eigenvalue weighted by atomic mass is 32.2. The molecule has 3 aromatic rings. The third-order valence-electron chi connectivity index (χ3n) is 3.87. The van der Waals surface area contributed by atoms with E-state index in [9.17, 15) is 13.2 Å². The number of hydrogen-bond donors (Lipinski definition) is 2. The molecule has 0 bridgehead atoms. The second-order valence-corrected chi connectivity index (χ2v) is 7.52. The van der Waals surface area contributed by atoms with Crippen LogP contribution in [0.1, 0.15) is 21.5 Å². The summed E-state index contributed by atoms with van der Waals surface area (Å²) in [7, 11) is -3.96. The molecule has 0 radical (unpaired) electrons. The van der Waals surface area contributed by atoms with Crippen molar-refractivity contribution in [2.24, 2.45) is 0 Å². The lowest BCUT2D eigenvalue weighted by atomic mass is 10.2. The van der Waals surface area contributed by atoms with Crippen molar-refractivity contribution in [3.05, 3.63) is 89.7 Å². The van der Waals surface area contributed by atoms with Gasteiger partial charge in [-0.1, -0.05) is 24.3 Å². The SMILES string of the molecule is N#Cc1ccccc1NS(=O)(=O)c1cccc(C(=O)NCc2cccnc2)c1. The number of carbonyl (C=O) groups is 1. The number of nitriles is 1. The number of anilines is 1. The van der Waals surface area contributed by atoms with E-state index in [1.807, 2.05) is 12.1 Å². The number of pyridine rings is 1. The molecule has 0 spiro atoms. The molecule has 2 aromatic carbocycles. The molecule has 0 aliphatic rings. The Hall–Kier alpha value is -3.70. The fourth-order valence-corrected chi connectivity index (χ4v) is 3.59. The van der Waals surface area contributed by atoms with Crippen LogP contribution >= 0.6 is 0 Å². The van der Waals surface area contributed by atoms with E-state index in [2.05, 4.69) is 15.0 Å². The average Bonchev–Trinajstić information content (AvgIpc) is 2.73. The van der Waals surface area contributed by atoms with Crippen LogP contribution in [0, 0.1) is 11.3 Å². The van der Waals surface area contributed by atoms with Gasteiger partial charge >= 0.3 is 0 Å². The Morgan fingerprint density at radius 2 is 1.89 bits per heavy atom. The number of nitrogens with one attached hydrogen (secondary N) is 2. The first kappa shape index (κ1) is 19.1. The summed E-state index contributed by atoms with van der Waals surface area (Å²) < 4.78 is 27.7. The molecule has 2 N–H and O–H groups in total. The number of sulfonamides is 1. The zero-order valence-electron chi connectivity index (χ0n) is 14.7. The minimum absolute atomic E-state index is 0.0747. The van der Waals surface area contributed by atoms with E-state index >= 15 is 0 Å². The van der Waals surface area contributed by atoms with Gasteiger partial charge in [0, 0.05) is 24.5 Å². The molecule has 0 atom stereocenters. The van der Waals surface area contributed by atoms with Crippen molar-refractivity contribution in [3.63, 3.8) is 0 Å². The van der Waals surface area contributed by atoms with Crippen molar-refractivity contribution < 1.29 is 13.2 Å². The Labute approximate surface area is 162 Å². The van der Waals surface area contributed by atoms with Crippen LogP contribution in [-0.4, -0.2) is 19.3 Å². The van der Waals surface area contributed by atoms with Crippen molar-refractivity contribution in [1.29, 1.82) is 5.26 Å². The standard InChI is InChI=1S/C20H16N4O3S/c21-12-17-6-1-2-9-19(17)24-28(26,27)18-8-3-7-16(11-18)20(25)23-14-15-5-4-10-22-13-15/h1-11,13,24H,14H2,(H,23,25). The Morgan fingerprint density at radius 3 is 2.64 bits per heavy atom. The fraction of sp³-hybridized carbons (Fsp3) is 0.0500. The highest BCUT2D eigenvalue weighted by Gasteiger charge is 2.18. The predicted molar refractivity (Wildman–Crippen MR) is 104 cm³/mol. The van der Waals surface area contributed by atoms with Gasteiger partial charge in [-0.25, -0.2) is 8.42 Å². The van der Waals surface area contributed by atoms with Gasteiger partial charge in [0.15, 0.2) is 0 Å². The first-order chi connectivity index (χ1) is 13.5. The van der Waals surface area contributed by atoms with Gasteiger partial charge in [0.1, 0.15) is 6.07 Å². The van der Waals surface area contributed by atoms with Gasteiger partial charge in [0.05, 0.1) is 16.1 Å². The zero-order chi connectivity index (χ0) is 20.0. The Bertz CT molecular complexity index is 1140. The maximum absolute atomic E-state index is 12.7. The average molecular weight is 392 g/mol.